The standard InChI is InChI=1S/C22H23BrN2O4/c1-13-4-6-18(7-5-13)25-11-16(10-20(25)27)22(28)29-12-19(26)24-21-14(2)8-17(23)9-15(21)3/h4-9,16H,10-12H2,1-3H3,(H,24,26)/t16-/m1/s1. The zero-order valence-electron chi connectivity index (χ0n) is 16.6. The van der Waals surface area contributed by atoms with Crippen LogP contribution in [0.25, 0.3) is 0 Å². The van der Waals surface area contributed by atoms with E-state index in [1.165, 1.54) is 0 Å². The summed E-state index contributed by atoms with van der Waals surface area (Å²) in [5.74, 6) is -1.65. The average Bonchev–Trinajstić information content (AvgIpc) is 3.05. The van der Waals surface area contributed by atoms with Crippen LogP contribution in [-0.4, -0.2) is 30.9 Å². The lowest BCUT2D eigenvalue weighted by Crippen LogP contribution is -2.28. The van der Waals surface area contributed by atoms with Gasteiger partial charge >= 0.3 is 5.97 Å². The van der Waals surface area contributed by atoms with Gasteiger partial charge in [0, 0.05) is 28.8 Å². The quantitative estimate of drug-likeness (QED) is 0.689. The molecule has 1 saturated heterocycles. The van der Waals surface area contributed by atoms with Crippen molar-refractivity contribution < 1.29 is 19.1 Å². The zero-order valence-corrected chi connectivity index (χ0v) is 18.2. The lowest BCUT2D eigenvalue weighted by atomic mass is 10.1. The third-order valence-electron chi connectivity index (χ3n) is 4.91. The highest BCUT2D eigenvalue weighted by atomic mass is 79.9. The molecule has 7 heteroatoms. The van der Waals surface area contributed by atoms with Crippen LogP contribution < -0.4 is 10.2 Å². The third kappa shape index (κ3) is 5.03. The summed E-state index contributed by atoms with van der Waals surface area (Å²) in [5, 5.41) is 2.79. The van der Waals surface area contributed by atoms with E-state index in [-0.39, 0.29) is 25.5 Å². The molecule has 0 bridgehead atoms. The van der Waals surface area contributed by atoms with Gasteiger partial charge in [0.15, 0.2) is 6.61 Å². The topological polar surface area (TPSA) is 75.7 Å². The Labute approximate surface area is 178 Å². The van der Waals surface area contributed by atoms with Crippen LogP contribution in [0.4, 0.5) is 11.4 Å². The molecule has 0 aliphatic carbocycles. The number of esters is 1. The molecular weight excluding hydrogens is 436 g/mol. The molecule has 6 nitrogen and oxygen atoms in total. The number of benzene rings is 2. The molecule has 3 rings (SSSR count). The summed E-state index contributed by atoms with van der Waals surface area (Å²) in [6, 6.07) is 11.4. The molecule has 0 aromatic heterocycles. The number of aryl methyl sites for hydroxylation is 3. The normalized spacial score (nSPS) is 16.1. The first-order valence-corrected chi connectivity index (χ1v) is 10.1. The number of amides is 2. The van der Waals surface area contributed by atoms with E-state index in [1.807, 2.05) is 57.2 Å². The van der Waals surface area contributed by atoms with Crippen LogP contribution in [0.1, 0.15) is 23.1 Å². The predicted molar refractivity (Wildman–Crippen MR) is 115 cm³/mol. The van der Waals surface area contributed by atoms with Crippen LogP contribution in [-0.2, 0) is 19.1 Å². The van der Waals surface area contributed by atoms with Gasteiger partial charge in [0.2, 0.25) is 5.91 Å². The number of ether oxygens (including phenoxy) is 1. The van der Waals surface area contributed by atoms with Crippen LogP contribution in [0.15, 0.2) is 40.9 Å². The Balaban J connectivity index is 1.55. The molecule has 1 atom stereocenters. The molecule has 29 heavy (non-hydrogen) atoms. The largest absolute Gasteiger partial charge is 0.455 e. The number of rotatable bonds is 5. The molecule has 0 spiro atoms. The maximum atomic E-state index is 12.4. The summed E-state index contributed by atoms with van der Waals surface area (Å²) in [6.07, 6.45) is 0.0826. The van der Waals surface area contributed by atoms with Crippen LogP contribution in [0, 0.1) is 26.7 Å². The maximum absolute atomic E-state index is 12.4. The van der Waals surface area contributed by atoms with E-state index in [0.29, 0.717) is 5.69 Å². The minimum absolute atomic E-state index is 0.0826. The van der Waals surface area contributed by atoms with Crippen molar-refractivity contribution in [3.8, 4) is 0 Å². The average molecular weight is 459 g/mol. The molecule has 1 aliphatic heterocycles. The first-order chi connectivity index (χ1) is 13.7. The Hall–Kier alpha value is -2.67. The number of halogens is 1. The summed E-state index contributed by atoms with van der Waals surface area (Å²) < 4.78 is 6.11. The highest BCUT2D eigenvalue weighted by molar-refractivity contribution is 9.10. The van der Waals surface area contributed by atoms with Gasteiger partial charge in [-0.05, 0) is 56.2 Å². The van der Waals surface area contributed by atoms with E-state index in [0.717, 1.165) is 26.9 Å². The molecule has 1 N–H and O–H groups in total. The second-order valence-electron chi connectivity index (χ2n) is 7.31. The van der Waals surface area contributed by atoms with Crippen LogP contribution in [0.2, 0.25) is 0 Å². The van der Waals surface area contributed by atoms with Gasteiger partial charge in [-0.1, -0.05) is 33.6 Å². The molecule has 0 unspecified atom stereocenters. The third-order valence-corrected chi connectivity index (χ3v) is 5.37. The second kappa shape index (κ2) is 8.78. The first kappa shape index (κ1) is 21.0. The molecule has 1 fully saturated rings. The molecule has 1 heterocycles. The monoisotopic (exact) mass is 458 g/mol. The Morgan fingerprint density at radius 3 is 2.38 bits per heavy atom. The second-order valence-corrected chi connectivity index (χ2v) is 8.23. The fourth-order valence-electron chi connectivity index (χ4n) is 3.38. The fraction of sp³-hybridized carbons (Fsp3) is 0.318. The van der Waals surface area contributed by atoms with Gasteiger partial charge in [-0.25, -0.2) is 0 Å². The molecule has 2 aromatic carbocycles. The van der Waals surface area contributed by atoms with Crippen molar-refractivity contribution in [2.75, 3.05) is 23.4 Å². The van der Waals surface area contributed by atoms with E-state index in [2.05, 4.69) is 21.2 Å². The summed E-state index contributed by atoms with van der Waals surface area (Å²) in [7, 11) is 0. The van der Waals surface area contributed by atoms with Crippen LogP contribution in [0.5, 0.6) is 0 Å². The number of nitrogens with zero attached hydrogens (tertiary/aromatic N) is 1. The summed E-state index contributed by atoms with van der Waals surface area (Å²) in [5.41, 5.74) is 4.38. The lowest BCUT2D eigenvalue weighted by molar-refractivity contribution is -0.151. The molecule has 2 amide bonds. The van der Waals surface area contributed by atoms with E-state index >= 15 is 0 Å². The number of nitrogens with one attached hydrogen (secondary N) is 1. The van der Waals surface area contributed by atoms with Crippen molar-refractivity contribution in [1.29, 1.82) is 0 Å². The van der Waals surface area contributed by atoms with E-state index in [1.54, 1.807) is 4.90 Å². The van der Waals surface area contributed by atoms with Gasteiger partial charge in [-0.3, -0.25) is 14.4 Å². The van der Waals surface area contributed by atoms with Crippen molar-refractivity contribution >= 4 is 45.1 Å². The molecule has 152 valence electrons. The van der Waals surface area contributed by atoms with Gasteiger partial charge in [0.1, 0.15) is 0 Å². The highest BCUT2D eigenvalue weighted by Gasteiger charge is 2.36. The van der Waals surface area contributed by atoms with Gasteiger partial charge in [-0.15, -0.1) is 0 Å². The molecular formula is C22H23BrN2O4. The molecule has 1 aliphatic rings. The van der Waals surface area contributed by atoms with Crippen molar-refractivity contribution in [2.45, 2.75) is 27.2 Å². The van der Waals surface area contributed by atoms with E-state index in [9.17, 15) is 14.4 Å². The predicted octanol–water partition coefficient (Wildman–Crippen LogP) is 3.91. The minimum atomic E-state index is -0.576. The van der Waals surface area contributed by atoms with E-state index < -0.39 is 17.8 Å². The summed E-state index contributed by atoms with van der Waals surface area (Å²) in [6.45, 7) is 5.63. The molecule has 0 saturated carbocycles. The maximum Gasteiger partial charge on any atom is 0.311 e. The highest BCUT2D eigenvalue weighted by Crippen LogP contribution is 2.27. The summed E-state index contributed by atoms with van der Waals surface area (Å²) in [4.78, 5) is 38.5. The smallest absolute Gasteiger partial charge is 0.311 e. The molecule has 0 radical (unpaired) electrons. The SMILES string of the molecule is Cc1ccc(N2C[C@H](C(=O)OCC(=O)Nc3c(C)cc(Br)cc3C)CC2=O)cc1. The van der Waals surface area contributed by atoms with Gasteiger partial charge in [0.05, 0.1) is 5.92 Å². The number of carbonyl (C=O) groups excluding carboxylic acids is 3. The summed E-state index contributed by atoms with van der Waals surface area (Å²) >= 11 is 3.42. The Morgan fingerprint density at radius 2 is 1.76 bits per heavy atom. The van der Waals surface area contributed by atoms with Gasteiger partial charge in [-0.2, -0.15) is 0 Å². The number of carbonyl (C=O) groups is 3. The van der Waals surface area contributed by atoms with Crippen molar-refractivity contribution in [1.82, 2.24) is 0 Å². The zero-order chi connectivity index (χ0) is 21.1. The van der Waals surface area contributed by atoms with Crippen LogP contribution >= 0.6 is 15.9 Å². The first-order valence-electron chi connectivity index (χ1n) is 9.35. The van der Waals surface area contributed by atoms with Gasteiger partial charge < -0.3 is 15.0 Å². The van der Waals surface area contributed by atoms with Crippen molar-refractivity contribution in [2.24, 2.45) is 5.92 Å². The number of hydrogen-bond donors (Lipinski definition) is 1. The minimum Gasteiger partial charge on any atom is -0.455 e. The Kier molecular flexibility index (Phi) is 6.37. The molecule has 2 aromatic rings. The lowest BCUT2D eigenvalue weighted by Gasteiger charge is -2.17. The van der Waals surface area contributed by atoms with Crippen molar-refractivity contribution in [3.63, 3.8) is 0 Å². The number of anilines is 2. The van der Waals surface area contributed by atoms with Crippen LogP contribution in [0.3, 0.4) is 0 Å². The van der Waals surface area contributed by atoms with Gasteiger partial charge in [0.25, 0.3) is 5.91 Å². The Bertz CT molecular complexity index is 933. The van der Waals surface area contributed by atoms with Crippen molar-refractivity contribution in [3.05, 3.63) is 57.6 Å². The number of hydrogen-bond acceptors (Lipinski definition) is 4. The Morgan fingerprint density at radius 1 is 1.14 bits per heavy atom. The fourth-order valence-corrected chi connectivity index (χ4v) is 4.06. The van der Waals surface area contributed by atoms with E-state index in [4.69, 9.17) is 4.74 Å².